The van der Waals surface area contributed by atoms with E-state index in [0.29, 0.717) is 0 Å². The predicted molar refractivity (Wildman–Crippen MR) is 120 cm³/mol. The molecule has 0 aromatic rings. The number of hydrogen-bond acceptors (Lipinski definition) is 15. The van der Waals surface area contributed by atoms with Crippen molar-refractivity contribution < 1.29 is 75.1 Å². The molecule has 15 heteroatoms. The summed E-state index contributed by atoms with van der Waals surface area (Å²) in [5, 5.41) is 111. The Bertz CT molecular complexity index is 675. The summed E-state index contributed by atoms with van der Waals surface area (Å²) in [4.78, 5) is 0. The van der Waals surface area contributed by atoms with Crippen molar-refractivity contribution in [2.24, 2.45) is 5.41 Å². The van der Waals surface area contributed by atoms with Crippen molar-refractivity contribution in [3.05, 3.63) is 0 Å². The van der Waals surface area contributed by atoms with E-state index in [-0.39, 0.29) is 6.42 Å². The molecule has 2 aliphatic heterocycles. The van der Waals surface area contributed by atoms with E-state index >= 15 is 0 Å². The van der Waals surface area contributed by atoms with E-state index in [0.717, 1.165) is 0 Å². The maximum atomic E-state index is 10.9. The van der Waals surface area contributed by atoms with Crippen molar-refractivity contribution >= 4 is 0 Å². The first kappa shape index (κ1) is 32.6. The largest absolute Gasteiger partial charge is 0.394 e. The van der Waals surface area contributed by atoms with E-state index in [1.165, 1.54) is 0 Å². The molecule has 15 nitrogen and oxygen atoms in total. The Morgan fingerprint density at radius 3 is 1.76 bits per heavy atom. The highest BCUT2D eigenvalue weighted by Gasteiger charge is 2.52. The van der Waals surface area contributed by atoms with Crippen molar-refractivity contribution in [3.63, 3.8) is 0 Å². The second-order valence-electron chi connectivity index (χ2n) is 10.7. The van der Waals surface area contributed by atoms with Crippen LogP contribution in [-0.4, -0.2) is 162 Å². The van der Waals surface area contributed by atoms with Gasteiger partial charge in [0.15, 0.2) is 12.6 Å². The molecule has 2 heterocycles. The average Bonchev–Trinajstić information content (AvgIpc) is 2.83. The second-order valence-corrected chi connectivity index (χ2v) is 10.7. The number of hydrogen-bond donors (Lipinski definition) is 11. The van der Waals surface area contributed by atoms with E-state index in [9.17, 15) is 56.2 Å². The summed E-state index contributed by atoms with van der Waals surface area (Å²) in [5.74, 6) is 0. The first-order valence-electron chi connectivity index (χ1n) is 12.1. The second kappa shape index (κ2) is 13.6. The van der Waals surface area contributed by atoms with Gasteiger partial charge in [0, 0.05) is 0 Å². The summed E-state index contributed by atoms with van der Waals surface area (Å²) in [7, 11) is 0. The van der Waals surface area contributed by atoms with Gasteiger partial charge in [-0.05, 0) is 11.8 Å². The maximum Gasteiger partial charge on any atom is 0.187 e. The molecule has 2 fully saturated rings. The molecule has 0 saturated carbocycles. The minimum absolute atomic E-state index is 0.0482. The zero-order valence-corrected chi connectivity index (χ0v) is 21.0. The summed E-state index contributed by atoms with van der Waals surface area (Å²) in [6.07, 6.45) is -23.6. The Balaban J connectivity index is 2.29. The fourth-order valence-corrected chi connectivity index (χ4v) is 4.29. The number of ether oxygens (including phenoxy) is 4. The monoisotopic (exact) mass is 546 g/mol. The van der Waals surface area contributed by atoms with Crippen LogP contribution in [0.1, 0.15) is 27.2 Å². The van der Waals surface area contributed by atoms with Gasteiger partial charge < -0.3 is 75.1 Å². The van der Waals surface area contributed by atoms with Gasteiger partial charge in [-0.2, -0.15) is 0 Å². The van der Waals surface area contributed by atoms with Gasteiger partial charge in [0.1, 0.15) is 67.1 Å². The van der Waals surface area contributed by atoms with Crippen molar-refractivity contribution in [2.75, 3.05) is 19.8 Å². The predicted octanol–water partition coefficient (Wildman–Crippen LogP) is -5.49. The Hall–Kier alpha value is -0.600. The lowest BCUT2D eigenvalue weighted by atomic mass is 9.85. The minimum Gasteiger partial charge on any atom is -0.394 e. The zero-order valence-electron chi connectivity index (χ0n) is 21.0. The van der Waals surface area contributed by atoms with Gasteiger partial charge in [0.2, 0.25) is 0 Å². The zero-order chi connectivity index (χ0) is 28.2. The molecule has 220 valence electrons. The third-order valence-electron chi connectivity index (χ3n) is 6.37. The first-order valence-corrected chi connectivity index (χ1v) is 12.1. The van der Waals surface area contributed by atoms with Crippen LogP contribution in [0.25, 0.3) is 0 Å². The van der Waals surface area contributed by atoms with Gasteiger partial charge >= 0.3 is 0 Å². The van der Waals surface area contributed by atoms with Crippen molar-refractivity contribution in [3.8, 4) is 0 Å². The summed E-state index contributed by atoms with van der Waals surface area (Å²) in [5.41, 5.74) is -0.477. The summed E-state index contributed by atoms with van der Waals surface area (Å²) in [6.45, 7) is 2.92. The quantitative estimate of drug-likeness (QED) is 0.115. The molecule has 0 spiro atoms. The van der Waals surface area contributed by atoms with Crippen LogP contribution in [0.15, 0.2) is 0 Å². The Morgan fingerprint density at radius 1 is 0.703 bits per heavy atom. The van der Waals surface area contributed by atoms with E-state index in [1.807, 2.05) is 0 Å². The van der Waals surface area contributed by atoms with Crippen LogP contribution in [0.3, 0.4) is 0 Å². The van der Waals surface area contributed by atoms with Crippen LogP contribution in [0.5, 0.6) is 0 Å². The van der Waals surface area contributed by atoms with Crippen molar-refractivity contribution in [1.82, 2.24) is 0 Å². The molecule has 37 heavy (non-hydrogen) atoms. The summed E-state index contributed by atoms with van der Waals surface area (Å²) < 4.78 is 21.8. The molecule has 0 aromatic heterocycles. The van der Waals surface area contributed by atoms with Crippen LogP contribution in [0.4, 0.5) is 0 Å². The van der Waals surface area contributed by atoms with Gasteiger partial charge in [0.05, 0.1) is 25.9 Å². The lowest BCUT2D eigenvalue weighted by molar-refractivity contribution is -0.369. The van der Waals surface area contributed by atoms with Gasteiger partial charge in [0.25, 0.3) is 0 Å². The van der Waals surface area contributed by atoms with Crippen molar-refractivity contribution in [1.29, 1.82) is 0 Å². The van der Waals surface area contributed by atoms with E-state index in [4.69, 9.17) is 18.9 Å². The summed E-state index contributed by atoms with van der Waals surface area (Å²) in [6, 6.07) is 0. The van der Waals surface area contributed by atoms with Gasteiger partial charge in [-0.25, -0.2) is 0 Å². The normalized spacial score (nSPS) is 40.7. The Kier molecular flexibility index (Phi) is 12.0. The molecular formula is C22H42O15. The number of aliphatic hydroxyl groups is 11. The molecule has 2 aliphatic rings. The molecule has 2 saturated heterocycles. The van der Waals surface area contributed by atoms with Gasteiger partial charge in [-0.3, -0.25) is 0 Å². The highest BCUT2D eigenvalue weighted by Crippen LogP contribution is 2.32. The SMILES string of the molecule is CC(C)(C)C[C@H](O)[C@@H](O[C@@H]1O[C@H](CO)[C@@H](O)[C@H](O[C@@H]2O[C@H](CO)[C@@H](O)[C@H](O)[C@H]2O)[C@H]1O)[C@H](O)[C@H](O)CO. The summed E-state index contributed by atoms with van der Waals surface area (Å²) >= 11 is 0. The molecule has 11 N–H and O–H groups in total. The van der Waals surface area contributed by atoms with E-state index in [1.54, 1.807) is 20.8 Å². The highest BCUT2D eigenvalue weighted by molar-refractivity contribution is 4.95. The van der Waals surface area contributed by atoms with Crippen LogP contribution in [-0.2, 0) is 18.9 Å². The molecular weight excluding hydrogens is 504 g/mol. The standard InChI is InChI=1S/C22H42O15/c1-22(2,3)4-8(26)18(12(28)9(27)5-23)36-21-17(33)19(14(30)11(7-25)35-21)37-20-16(32)15(31)13(29)10(6-24)34-20/h8-21,23-33H,4-7H2,1-3H3/t8-,9+,10+,11+,12+,13+,14+,15-,16+,17+,18+,19-,20-,21-/m0/s1. The van der Waals surface area contributed by atoms with Crippen LogP contribution >= 0.6 is 0 Å². The molecule has 0 bridgehead atoms. The smallest absolute Gasteiger partial charge is 0.187 e. The topological polar surface area (TPSA) is 259 Å². The fraction of sp³-hybridized carbons (Fsp3) is 1.00. The van der Waals surface area contributed by atoms with E-state index in [2.05, 4.69) is 0 Å². The minimum atomic E-state index is -1.91. The first-order chi connectivity index (χ1) is 17.2. The molecule has 0 aromatic carbocycles. The third kappa shape index (κ3) is 7.97. The molecule has 14 atom stereocenters. The highest BCUT2D eigenvalue weighted by atomic mass is 16.7. The lowest BCUT2D eigenvalue weighted by Gasteiger charge is -2.47. The third-order valence-corrected chi connectivity index (χ3v) is 6.37. The molecule has 0 unspecified atom stereocenters. The Labute approximate surface area is 214 Å². The molecule has 0 amide bonds. The molecule has 2 rings (SSSR count). The van der Waals surface area contributed by atoms with E-state index < -0.39 is 111 Å². The molecule has 0 radical (unpaired) electrons. The van der Waals surface area contributed by atoms with Gasteiger partial charge in [-0.1, -0.05) is 20.8 Å². The van der Waals surface area contributed by atoms with Gasteiger partial charge in [-0.15, -0.1) is 0 Å². The van der Waals surface area contributed by atoms with Crippen LogP contribution < -0.4 is 0 Å². The van der Waals surface area contributed by atoms with Crippen LogP contribution in [0.2, 0.25) is 0 Å². The lowest BCUT2D eigenvalue weighted by Crippen LogP contribution is -2.65. The number of aliphatic hydroxyl groups excluding tert-OH is 11. The molecule has 0 aliphatic carbocycles. The fourth-order valence-electron chi connectivity index (χ4n) is 4.29. The van der Waals surface area contributed by atoms with Crippen molar-refractivity contribution in [2.45, 2.75) is 113 Å². The Morgan fingerprint density at radius 2 is 1.24 bits per heavy atom. The average molecular weight is 547 g/mol. The number of rotatable bonds is 11. The maximum absolute atomic E-state index is 10.9. The van der Waals surface area contributed by atoms with Crippen LogP contribution in [0, 0.1) is 5.41 Å².